The number of amides is 1. The summed E-state index contributed by atoms with van der Waals surface area (Å²) in [5.41, 5.74) is 1.91. The van der Waals surface area contributed by atoms with E-state index in [-0.39, 0.29) is 18.6 Å². The van der Waals surface area contributed by atoms with Crippen LogP contribution >= 0.6 is 15.9 Å². The average Bonchev–Trinajstić information content (AvgIpc) is 2.44. The minimum atomic E-state index is 0.0480. The summed E-state index contributed by atoms with van der Waals surface area (Å²) in [6.07, 6.45) is 2.87. The highest BCUT2D eigenvalue weighted by atomic mass is 79.9. The molecule has 0 saturated carbocycles. The van der Waals surface area contributed by atoms with Gasteiger partial charge in [-0.15, -0.1) is 0 Å². The number of carbonyl (C=O) groups excluding carboxylic acids is 1. The number of benzene rings is 1. The number of nitrogens with zero attached hydrogens (tertiary/aromatic N) is 1. The molecule has 1 aromatic rings. The number of ether oxygens (including phenoxy) is 2. The van der Waals surface area contributed by atoms with Crippen LogP contribution in [0.1, 0.15) is 18.9 Å². The Morgan fingerprint density at radius 2 is 2.20 bits per heavy atom. The van der Waals surface area contributed by atoms with Crippen molar-refractivity contribution < 1.29 is 14.3 Å². The highest BCUT2D eigenvalue weighted by molar-refractivity contribution is 9.10. The van der Waals surface area contributed by atoms with E-state index < -0.39 is 0 Å². The summed E-state index contributed by atoms with van der Waals surface area (Å²) in [4.78, 5) is 13.8. The highest BCUT2D eigenvalue weighted by Gasteiger charge is 2.26. The molecule has 0 aromatic heterocycles. The second kappa shape index (κ2) is 6.41. The molecule has 4 nitrogen and oxygen atoms in total. The molecule has 0 aliphatic carbocycles. The number of carbonyl (C=O) groups is 1. The van der Waals surface area contributed by atoms with Crippen molar-refractivity contribution in [2.24, 2.45) is 5.92 Å². The van der Waals surface area contributed by atoms with E-state index >= 15 is 0 Å². The van der Waals surface area contributed by atoms with Crippen molar-refractivity contribution in [3.05, 3.63) is 34.3 Å². The third-order valence-corrected chi connectivity index (χ3v) is 3.99. The van der Waals surface area contributed by atoms with Crippen LogP contribution in [-0.4, -0.2) is 31.8 Å². The van der Waals surface area contributed by atoms with Gasteiger partial charge in [0.25, 0.3) is 0 Å². The fourth-order valence-electron chi connectivity index (χ4n) is 2.19. The molecule has 0 saturated heterocycles. The summed E-state index contributed by atoms with van der Waals surface area (Å²) < 4.78 is 11.2. The van der Waals surface area contributed by atoms with E-state index in [4.69, 9.17) is 9.47 Å². The number of methoxy groups -OCH3 is 1. The van der Waals surface area contributed by atoms with Crippen LogP contribution in [0.5, 0.6) is 5.75 Å². The van der Waals surface area contributed by atoms with Crippen molar-refractivity contribution >= 4 is 27.5 Å². The Bertz CT molecular complexity index is 542. The summed E-state index contributed by atoms with van der Waals surface area (Å²) in [5, 5.41) is 0. The molecule has 1 aliphatic rings. The van der Waals surface area contributed by atoms with Crippen molar-refractivity contribution in [1.29, 1.82) is 0 Å². The Balaban J connectivity index is 2.27. The zero-order chi connectivity index (χ0) is 14.7. The number of rotatable bonds is 4. The van der Waals surface area contributed by atoms with Gasteiger partial charge in [0, 0.05) is 35.8 Å². The molecule has 1 aliphatic heterocycles. The number of hydrogen-bond donors (Lipinski definition) is 0. The molecule has 0 spiro atoms. The van der Waals surface area contributed by atoms with Crippen molar-refractivity contribution in [3.63, 3.8) is 0 Å². The van der Waals surface area contributed by atoms with Crippen LogP contribution in [-0.2, 0) is 9.53 Å². The first-order valence-electron chi connectivity index (χ1n) is 6.44. The van der Waals surface area contributed by atoms with E-state index in [1.807, 2.05) is 32.2 Å². The van der Waals surface area contributed by atoms with Gasteiger partial charge < -0.3 is 14.4 Å². The van der Waals surface area contributed by atoms with Crippen LogP contribution in [0.25, 0.3) is 5.70 Å². The molecule has 20 heavy (non-hydrogen) atoms. The highest BCUT2D eigenvalue weighted by Crippen LogP contribution is 2.33. The molecule has 0 N–H and O–H groups in total. The molecule has 1 unspecified atom stereocenters. The maximum Gasteiger partial charge on any atom is 0.229 e. The average molecular weight is 340 g/mol. The fraction of sp³-hybridized carbons (Fsp3) is 0.400. The topological polar surface area (TPSA) is 38.8 Å². The van der Waals surface area contributed by atoms with E-state index in [1.165, 1.54) is 0 Å². The molecule has 5 heteroatoms. The largest absolute Gasteiger partial charge is 0.468 e. The molecule has 0 radical (unpaired) electrons. The minimum absolute atomic E-state index is 0.0480. The maximum absolute atomic E-state index is 12.1. The van der Waals surface area contributed by atoms with Gasteiger partial charge in [0.1, 0.15) is 5.75 Å². The van der Waals surface area contributed by atoms with Gasteiger partial charge in [-0.25, -0.2) is 0 Å². The number of halogens is 1. The Kier molecular flexibility index (Phi) is 4.83. The zero-order valence-corrected chi connectivity index (χ0v) is 13.4. The van der Waals surface area contributed by atoms with Gasteiger partial charge in [0.15, 0.2) is 6.79 Å². The molecule has 0 bridgehead atoms. The van der Waals surface area contributed by atoms with Crippen LogP contribution < -0.4 is 4.74 Å². The Hall–Kier alpha value is -1.33. The summed E-state index contributed by atoms with van der Waals surface area (Å²) in [7, 11) is 3.39. The first-order chi connectivity index (χ1) is 9.54. The summed E-state index contributed by atoms with van der Waals surface area (Å²) in [5.74, 6) is 0.919. The molecule has 1 aromatic carbocycles. The zero-order valence-electron chi connectivity index (χ0n) is 11.9. The maximum atomic E-state index is 12.1. The predicted molar refractivity (Wildman–Crippen MR) is 81.2 cm³/mol. The van der Waals surface area contributed by atoms with Gasteiger partial charge in [-0.2, -0.15) is 0 Å². The molecular formula is C15H18BrNO3. The Morgan fingerprint density at radius 1 is 1.45 bits per heavy atom. The lowest BCUT2D eigenvalue weighted by molar-refractivity contribution is -0.131. The lowest BCUT2D eigenvalue weighted by Crippen LogP contribution is -2.33. The molecule has 1 amide bonds. The van der Waals surface area contributed by atoms with Crippen molar-refractivity contribution in [2.75, 3.05) is 21.0 Å². The van der Waals surface area contributed by atoms with E-state index in [1.54, 1.807) is 12.0 Å². The Labute approximate surface area is 127 Å². The lowest BCUT2D eigenvalue weighted by Gasteiger charge is -2.29. The first-order valence-corrected chi connectivity index (χ1v) is 7.23. The monoisotopic (exact) mass is 339 g/mol. The quantitative estimate of drug-likeness (QED) is 0.790. The van der Waals surface area contributed by atoms with Gasteiger partial charge >= 0.3 is 0 Å². The van der Waals surface area contributed by atoms with E-state index in [9.17, 15) is 4.79 Å². The summed E-state index contributed by atoms with van der Waals surface area (Å²) in [6, 6.07) is 5.70. The molecular weight excluding hydrogens is 322 g/mol. The third kappa shape index (κ3) is 3.04. The smallest absolute Gasteiger partial charge is 0.229 e. The van der Waals surface area contributed by atoms with Gasteiger partial charge in [0.05, 0.1) is 0 Å². The molecule has 2 rings (SSSR count). The summed E-state index contributed by atoms with van der Waals surface area (Å²) >= 11 is 3.54. The predicted octanol–water partition coefficient (Wildman–Crippen LogP) is 3.27. The molecule has 1 heterocycles. The first kappa shape index (κ1) is 15.1. The van der Waals surface area contributed by atoms with Gasteiger partial charge in [-0.05, 0) is 40.5 Å². The lowest BCUT2D eigenvalue weighted by atomic mass is 9.98. The van der Waals surface area contributed by atoms with Crippen LogP contribution in [0.4, 0.5) is 0 Å². The van der Waals surface area contributed by atoms with E-state index in [2.05, 4.69) is 22.0 Å². The van der Waals surface area contributed by atoms with Crippen molar-refractivity contribution in [1.82, 2.24) is 4.90 Å². The molecule has 1 atom stereocenters. The van der Waals surface area contributed by atoms with Crippen molar-refractivity contribution in [3.8, 4) is 5.75 Å². The van der Waals surface area contributed by atoms with Crippen LogP contribution in [0.15, 0.2) is 28.7 Å². The van der Waals surface area contributed by atoms with Crippen LogP contribution in [0.3, 0.4) is 0 Å². The normalized spacial score (nSPS) is 19.0. The van der Waals surface area contributed by atoms with Gasteiger partial charge in [-0.3, -0.25) is 4.79 Å². The molecule has 0 fully saturated rings. The minimum Gasteiger partial charge on any atom is -0.468 e. The van der Waals surface area contributed by atoms with E-state index in [0.29, 0.717) is 0 Å². The Morgan fingerprint density at radius 3 is 2.85 bits per heavy atom. The number of allylic oxidation sites excluding steroid dienone is 1. The van der Waals surface area contributed by atoms with E-state index in [0.717, 1.165) is 27.9 Å². The van der Waals surface area contributed by atoms with Crippen LogP contribution in [0.2, 0.25) is 0 Å². The van der Waals surface area contributed by atoms with Gasteiger partial charge in [-0.1, -0.05) is 13.0 Å². The number of hydrogen-bond acceptors (Lipinski definition) is 3. The third-order valence-electron chi connectivity index (χ3n) is 3.34. The second-order valence-electron chi connectivity index (χ2n) is 4.82. The fourth-order valence-corrected chi connectivity index (χ4v) is 2.75. The SMILES string of the molecule is COCOc1ccc(C2=CCC(C)C(=O)N2C)c(Br)c1. The van der Waals surface area contributed by atoms with Gasteiger partial charge in [0.2, 0.25) is 5.91 Å². The summed E-state index contributed by atoms with van der Waals surface area (Å²) in [6.45, 7) is 2.16. The standard InChI is InChI=1S/C15H18BrNO3/c1-10-4-7-14(17(2)15(10)18)12-6-5-11(8-13(12)16)20-9-19-3/h5-8,10H,4,9H2,1-3H3. The second-order valence-corrected chi connectivity index (χ2v) is 5.67. The van der Waals surface area contributed by atoms with Crippen molar-refractivity contribution in [2.45, 2.75) is 13.3 Å². The van der Waals surface area contributed by atoms with Crippen LogP contribution in [0, 0.1) is 5.92 Å². The molecule has 108 valence electrons.